The van der Waals surface area contributed by atoms with Crippen LogP contribution >= 0.6 is 0 Å². The minimum absolute atomic E-state index is 0.0419. The van der Waals surface area contributed by atoms with Gasteiger partial charge in [-0.25, -0.2) is 9.69 Å². The normalized spacial score (nSPS) is 30.1. The average molecular weight is 367 g/mol. The van der Waals surface area contributed by atoms with Gasteiger partial charge in [0.15, 0.2) is 0 Å². The van der Waals surface area contributed by atoms with Gasteiger partial charge in [0.1, 0.15) is 5.54 Å². The predicted octanol–water partition coefficient (Wildman–Crippen LogP) is 3.62. The number of carbonyl (C=O) groups excluding carboxylic acids is 2. The molecule has 4 rings (SSSR count). The zero-order valence-electron chi connectivity index (χ0n) is 16.1. The molecule has 1 atom stereocenters. The molecule has 3 aliphatic rings. The molecule has 5 heteroatoms. The Morgan fingerprint density at radius 2 is 2.00 bits per heavy atom. The first-order valence-corrected chi connectivity index (χ1v) is 10.1. The van der Waals surface area contributed by atoms with Gasteiger partial charge in [0.2, 0.25) is 0 Å². The van der Waals surface area contributed by atoms with Crippen molar-refractivity contribution in [1.82, 2.24) is 15.1 Å². The first-order chi connectivity index (χ1) is 13.0. The molecular weight excluding hydrogens is 338 g/mol. The van der Waals surface area contributed by atoms with Gasteiger partial charge in [-0.1, -0.05) is 37.3 Å². The van der Waals surface area contributed by atoms with E-state index in [0.717, 1.165) is 38.5 Å². The van der Waals surface area contributed by atoms with Crippen LogP contribution in [0.5, 0.6) is 0 Å². The van der Waals surface area contributed by atoms with Crippen LogP contribution in [0.3, 0.4) is 0 Å². The van der Waals surface area contributed by atoms with Crippen LogP contribution in [-0.2, 0) is 11.2 Å². The van der Waals surface area contributed by atoms with Crippen molar-refractivity contribution in [2.45, 2.75) is 57.0 Å². The molecule has 3 amide bonds. The molecule has 2 fully saturated rings. The molecule has 1 saturated heterocycles. The van der Waals surface area contributed by atoms with Crippen LogP contribution in [-0.4, -0.2) is 40.5 Å². The van der Waals surface area contributed by atoms with E-state index in [0.29, 0.717) is 19.1 Å². The van der Waals surface area contributed by atoms with Crippen LogP contribution in [0.4, 0.5) is 4.79 Å². The van der Waals surface area contributed by atoms with E-state index < -0.39 is 5.54 Å². The number of urea groups is 1. The molecule has 1 heterocycles. The van der Waals surface area contributed by atoms with Crippen molar-refractivity contribution < 1.29 is 9.59 Å². The third kappa shape index (κ3) is 3.18. The largest absolute Gasteiger partial charge is 0.326 e. The SMILES string of the molecule is C=CCN(CN1C(=O)NC2(CCC(C)CC2)C1=O)[C@H]1CCc2ccccc21. The second-order valence-electron chi connectivity index (χ2n) is 8.38. The Hall–Kier alpha value is -2.14. The quantitative estimate of drug-likeness (QED) is 0.639. The van der Waals surface area contributed by atoms with E-state index in [1.54, 1.807) is 0 Å². The Bertz CT molecular complexity index is 752. The predicted molar refractivity (Wildman–Crippen MR) is 105 cm³/mol. The molecule has 5 nitrogen and oxygen atoms in total. The van der Waals surface area contributed by atoms with Crippen molar-refractivity contribution in [1.29, 1.82) is 0 Å². The molecule has 1 aromatic rings. The Morgan fingerprint density at radius 1 is 1.26 bits per heavy atom. The molecule has 0 unspecified atom stereocenters. The third-order valence-corrected chi connectivity index (χ3v) is 6.60. The lowest BCUT2D eigenvalue weighted by Crippen LogP contribution is -2.50. The monoisotopic (exact) mass is 367 g/mol. The summed E-state index contributed by atoms with van der Waals surface area (Å²) in [6.07, 6.45) is 7.40. The van der Waals surface area contributed by atoms with Crippen molar-refractivity contribution >= 4 is 11.9 Å². The average Bonchev–Trinajstić information content (AvgIpc) is 3.19. The maximum Gasteiger partial charge on any atom is 0.326 e. The van der Waals surface area contributed by atoms with Crippen LogP contribution < -0.4 is 5.32 Å². The van der Waals surface area contributed by atoms with Crippen LogP contribution in [0, 0.1) is 5.92 Å². The first-order valence-electron chi connectivity index (χ1n) is 10.1. The number of aryl methyl sites for hydroxylation is 1. The van der Waals surface area contributed by atoms with E-state index in [9.17, 15) is 9.59 Å². The Morgan fingerprint density at radius 3 is 2.74 bits per heavy atom. The van der Waals surface area contributed by atoms with E-state index in [4.69, 9.17) is 0 Å². The van der Waals surface area contributed by atoms with E-state index in [1.165, 1.54) is 16.0 Å². The molecule has 27 heavy (non-hydrogen) atoms. The van der Waals surface area contributed by atoms with Crippen molar-refractivity contribution in [2.24, 2.45) is 5.92 Å². The second kappa shape index (κ2) is 7.12. The lowest BCUT2D eigenvalue weighted by molar-refractivity contribution is -0.134. The summed E-state index contributed by atoms with van der Waals surface area (Å²) in [5.74, 6) is 0.585. The van der Waals surface area contributed by atoms with E-state index in [2.05, 4.69) is 48.0 Å². The molecule has 144 valence electrons. The smallest absolute Gasteiger partial charge is 0.323 e. The number of carbonyl (C=O) groups is 2. The molecule has 0 bridgehead atoms. The Labute approximate surface area is 161 Å². The molecule has 1 saturated carbocycles. The molecule has 2 aliphatic carbocycles. The van der Waals surface area contributed by atoms with Crippen LogP contribution in [0.15, 0.2) is 36.9 Å². The fraction of sp³-hybridized carbons (Fsp3) is 0.545. The van der Waals surface area contributed by atoms with Gasteiger partial charge in [-0.15, -0.1) is 6.58 Å². The summed E-state index contributed by atoms with van der Waals surface area (Å²) in [6.45, 7) is 7.08. The van der Waals surface area contributed by atoms with Crippen molar-refractivity contribution in [3.63, 3.8) is 0 Å². The van der Waals surface area contributed by atoms with Gasteiger partial charge in [0, 0.05) is 12.6 Å². The Balaban J connectivity index is 1.53. The molecule has 1 spiro atoms. The van der Waals surface area contributed by atoms with Crippen LogP contribution in [0.2, 0.25) is 0 Å². The maximum atomic E-state index is 13.2. The lowest BCUT2D eigenvalue weighted by Gasteiger charge is -2.35. The topological polar surface area (TPSA) is 52.6 Å². The first kappa shape index (κ1) is 18.2. The zero-order valence-corrected chi connectivity index (χ0v) is 16.1. The maximum absolute atomic E-state index is 13.2. The summed E-state index contributed by atoms with van der Waals surface area (Å²) >= 11 is 0. The second-order valence-corrected chi connectivity index (χ2v) is 8.38. The number of fused-ring (bicyclic) bond motifs is 1. The lowest BCUT2D eigenvalue weighted by atomic mass is 9.77. The fourth-order valence-electron chi connectivity index (χ4n) is 4.94. The number of nitrogens with zero attached hydrogens (tertiary/aromatic N) is 2. The minimum Gasteiger partial charge on any atom is -0.323 e. The Kier molecular flexibility index (Phi) is 4.81. The zero-order chi connectivity index (χ0) is 19.0. The van der Waals surface area contributed by atoms with E-state index >= 15 is 0 Å². The molecule has 1 aromatic carbocycles. The third-order valence-electron chi connectivity index (χ3n) is 6.60. The molecular formula is C22H29N3O2. The van der Waals surface area contributed by atoms with Gasteiger partial charge in [0.05, 0.1) is 6.67 Å². The number of imide groups is 1. The number of nitrogens with one attached hydrogen (secondary N) is 1. The van der Waals surface area contributed by atoms with Gasteiger partial charge in [0.25, 0.3) is 5.91 Å². The summed E-state index contributed by atoms with van der Waals surface area (Å²) in [7, 11) is 0. The van der Waals surface area contributed by atoms with Crippen LogP contribution in [0.25, 0.3) is 0 Å². The number of amides is 3. The summed E-state index contributed by atoms with van der Waals surface area (Å²) in [4.78, 5) is 29.5. The molecule has 1 N–H and O–H groups in total. The number of benzene rings is 1. The summed E-state index contributed by atoms with van der Waals surface area (Å²) in [5, 5.41) is 3.03. The van der Waals surface area contributed by atoms with Gasteiger partial charge in [-0.05, 0) is 55.6 Å². The molecule has 0 radical (unpaired) electrons. The number of hydrogen-bond donors (Lipinski definition) is 1. The standard InChI is InChI=1S/C22H29N3O2/c1-3-14-24(19-9-8-17-6-4-5-7-18(17)19)15-25-20(26)22(23-21(25)27)12-10-16(2)11-13-22/h3-7,16,19H,1,8-15H2,2H3,(H,23,27)/t16?,19-,22?/m0/s1. The van der Waals surface area contributed by atoms with Gasteiger partial charge in [-0.2, -0.15) is 0 Å². The number of hydrogen-bond acceptors (Lipinski definition) is 3. The molecule has 1 aliphatic heterocycles. The van der Waals surface area contributed by atoms with Crippen LogP contribution in [0.1, 0.15) is 56.2 Å². The summed E-state index contributed by atoms with van der Waals surface area (Å²) < 4.78 is 0. The van der Waals surface area contributed by atoms with Crippen molar-refractivity contribution in [2.75, 3.05) is 13.2 Å². The van der Waals surface area contributed by atoms with Crippen molar-refractivity contribution in [3.05, 3.63) is 48.0 Å². The summed E-state index contributed by atoms with van der Waals surface area (Å²) in [6, 6.07) is 8.46. The van der Waals surface area contributed by atoms with Gasteiger partial charge in [-0.3, -0.25) is 9.69 Å². The van der Waals surface area contributed by atoms with Crippen molar-refractivity contribution in [3.8, 4) is 0 Å². The van der Waals surface area contributed by atoms with Gasteiger partial charge >= 0.3 is 6.03 Å². The highest BCUT2D eigenvalue weighted by atomic mass is 16.2. The summed E-state index contributed by atoms with van der Waals surface area (Å²) in [5.41, 5.74) is 2.01. The minimum atomic E-state index is -0.670. The highest BCUT2D eigenvalue weighted by molar-refractivity contribution is 6.07. The molecule has 0 aromatic heterocycles. The van der Waals surface area contributed by atoms with E-state index in [1.807, 2.05) is 6.08 Å². The number of rotatable bonds is 5. The van der Waals surface area contributed by atoms with E-state index in [-0.39, 0.29) is 18.0 Å². The highest BCUT2D eigenvalue weighted by Gasteiger charge is 2.52. The highest BCUT2D eigenvalue weighted by Crippen LogP contribution is 2.38. The van der Waals surface area contributed by atoms with Gasteiger partial charge < -0.3 is 5.32 Å². The fourth-order valence-corrected chi connectivity index (χ4v) is 4.94.